The SMILES string of the molecule is CC1(Cn2c(=S)[nH]c3sccc3c2=O)CCCCC1. The molecule has 1 aliphatic rings. The Morgan fingerprint density at radius 2 is 2.16 bits per heavy atom. The Hall–Kier alpha value is -0.940. The third-order valence-electron chi connectivity index (χ3n) is 4.21. The first kappa shape index (κ1) is 13.1. The third kappa shape index (κ3) is 2.41. The zero-order chi connectivity index (χ0) is 13.5. The van der Waals surface area contributed by atoms with Gasteiger partial charge in [0, 0.05) is 6.54 Å². The Morgan fingerprint density at radius 1 is 1.42 bits per heavy atom. The van der Waals surface area contributed by atoms with E-state index in [2.05, 4.69) is 11.9 Å². The highest BCUT2D eigenvalue weighted by molar-refractivity contribution is 7.71. The summed E-state index contributed by atoms with van der Waals surface area (Å²) in [6, 6.07) is 1.88. The largest absolute Gasteiger partial charge is 0.323 e. The Balaban J connectivity index is 2.05. The van der Waals surface area contributed by atoms with Crippen LogP contribution in [0.3, 0.4) is 0 Å². The van der Waals surface area contributed by atoms with E-state index in [1.165, 1.54) is 43.4 Å². The van der Waals surface area contributed by atoms with Gasteiger partial charge in [0.2, 0.25) is 0 Å². The fraction of sp³-hybridized carbons (Fsp3) is 0.571. The third-order valence-corrected chi connectivity index (χ3v) is 5.36. The van der Waals surface area contributed by atoms with Gasteiger partial charge in [-0.2, -0.15) is 0 Å². The second kappa shape index (κ2) is 4.87. The molecule has 1 fully saturated rings. The monoisotopic (exact) mass is 294 g/mol. The van der Waals surface area contributed by atoms with Crippen molar-refractivity contribution in [3.05, 3.63) is 26.6 Å². The van der Waals surface area contributed by atoms with Crippen molar-refractivity contribution in [1.29, 1.82) is 0 Å². The van der Waals surface area contributed by atoms with E-state index in [1.807, 2.05) is 11.4 Å². The molecule has 3 nitrogen and oxygen atoms in total. The standard InChI is InChI=1S/C14H18N2OS2/c1-14(6-3-2-4-7-14)9-16-12(17)10-5-8-19-11(10)15-13(16)18/h5,8H,2-4,6-7,9H2,1H3,(H,15,18). The molecule has 1 aliphatic carbocycles. The van der Waals surface area contributed by atoms with E-state index in [0.29, 0.717) is 4.77 Å². The van der Waals surface area contributed by atoms with Crippen molar-refractivity contribution < 1.29 is 0 Å². The van der Waals surface area contributed by atoms with Gasteiger partial charge in [0.05, 0.1) is 5.39 Å². The molecule has 19 heavy (non-hydrogen) atoms. The van der Waals surface area contributed by atoms with Crippen molar-refractivity contribution in [2.75, 3.05) is 0 Å². The van der Waals surface area contributed by atoms with Crippen LogP contribution in [0.15, 0.2) is 16.2 Å². The maximum atomic E-state index is 12.5. The van der Waals surface area contributed by atoms with E-state index in [9.17, 15) is 4.79 Å². The van der Waals surface area contributed by atoms with E-state index in [4.69, 9.17) is 12.2 Å². The first-order chi connectivity index (χ1) is 9.09. The number of rotatable bonds is 2. The zero-order valence-corrected chi connectivity index (χ0v) is 12.7. The van der Waals surface area contributed by atoms with Crippen molar-refractivity contribution in [2.45, 2.75) is 45.6 Å². The number of H-pyrrole nitrogens is 1. The minimum absolute atomic E-state index is 0.0619. The molecule has 0 aromatic carbocycles. The van der Waals surface area contributed by atoms with Crippen LogP contribution in [0.5, 0.6) is 0 Å². The average Bonchev–Trinajstić information content (AvgIpc) is 2.83. The molecule has 0 amide bonds. The molecule has 0 unspecified atom stereocenters. The zero-order valence-electron chi connectivity index (χ0n) is 11.1. The van der Waals surface area contributed by atoms with Crippen LogP contribution in [0.25, 0.3) is 10.2 Å². The lowest BCUT2D eigenvalue weighted by atomic mass is 9.75. The first-order valence-electron chi connectivity index (χ1n) is 6.79. The molecule has 0 aliphatic heterocycles. The Kier molecular flexibility index (Phi) is 3.35. The van der Waals surface area contributed by atoms with E-state index < -0.39 is 0 Å². The van der Waals surface area contributed by atoms with Gasteiger partial charge in [-0.25, -0.2) is 0 Å². The van der Waals surface area contributed by atoms with Gasteiger partial charge in [0.15, 0.2) is 4.77 Å². The molecule has 2 aromatic heterocycles. The molecule has 1 N–H and O–H groups in total. The maximum absolute atomic E-state index is 12.5. The number of nitrogens with zero attached hydrogens (tertiary/aromatic N) is 1. The van der Waals surface area contributed by atoms with E-state index >= 15 is 0 Å². The van der Waals surface area contributed by atoms with E-state index in [0.717, 1.165) is 16.8 Å². The minimum Gasteiger partial charge on any atom is -0.323 e. The molecule has 102 valence electrons. The van der Waals surface area contributed by atoms with Crippen LogP contribution >= 0.6 is 23.6 Å². The first-order valence-corrected chi connectivity index (χ1v) is 8.08. The Bertz CT molecular complexity index is 704. The number of hydrogen-bond donors (Lipinski definition) is 1. The van der Waals surface area contributed by atoms with Crippen LogP contribution in [0.1, 0.15) is 39.0 Å². The lowest BCUT2D eigenvalue weighted by molar-refractivity contribution is 0.180. The molecule has 0 saturated heterocycles. The van der Waals surface area contributed by atoms with Crippen molar-refractivity contribution in [1.82, 2.24) is 9.55 Å². The van der Waals surface area contributed by atoms with Gasteiger partial charge < -0.3 is 4.98 Å². The molecule has 2 heterocycles. The normalized spacial score (nSPS) is 18.8. The number of aromatic amines is 1. The van der Waals surface area contributed by atoms with Crippen LogP contribution in [0.4, 0.5) is 0 Å². The van der Waals surface area contributed by atoms with Crippen LogP contribution < -0.4 is 5.56 Å². The van der Waals surface area contributed by atoms with Gasteiger partial charge >= 0.3 is 0 Å². The lowest BCUT2D eigenvalue weighted by Gasteiger charge is -2.33. The van der Waals surface area contributed by atoms with Crippen LogP contribution in [-0.4, -0.2) is 9.55 Å². The fourth-order valence-electron chi connectivity index (χ4n) is 3.07. The lowest BCUT2D eigenvalue weighted by Crippen LogP contribution is -2.32. The van der Waals surface area contributed by atoms with Gasteiger partial charge in [0.1, 0.15) is 4.83 Å². The predicted octanol–water partition coefficient (Wildman–Crippen LogP) is 4.09. The topological polar surface area (TPSA) is 37.8 Å². The molecule has 0 spiro atoms. The molecular weight excluding hydrogens is 276 g/mol. The van der Waals surface area contributed by atoms with Crippen LogP contribution in [0, 0.1) is 10.2 Å². The van der Waals surface area contributed by atoms with Crippen LogP contribution in [-0.2, 0) is 6.54 Å². The van der Waals surface area contributed by atoms with Crippen molar-refractivity contribution in [3.8, 4) is 0 Å². The van der Waals surface area contributed by atoms with E-state index in [-0.39, 0.29) is 11.0 Å². The molecule has 0 atom stereocenters. The van der Waals surface area contributed by atoms with Gasteiger partial charge in [0.25, 0.3) is 5.56 Å². The summed E-state index contributed by atoms with van der Waals surface area (Å²) < 4.78 is 2.32. The quantitative estimate of drug-likeness (QED) is 0.847. The Labute approximate surface area is 121 Å². The van der Waals surface area contributed by atoms with Crippen LogP contribution in [0.2, 0.25) is 0 Å². The highest BCUT2D eigenvalue weighted by Gasteiger charge is 2.28. The summed E-state index contributed by atoms with van der Waals surface area (Å²) in [5, 5.41) is 2.70. The fourth-order valence-corrected chi connectivity index (χ4v) is 4.16. The summed E-state index contributed by atoms with van der Waals surface area (Å²) in [5.41, 5.74) is 0.277. The summed E-state index contributed by atoms with van der Waals surface area (Å²) in [5.74, 6) is 0. The second-order valence-corrected chi connectivity index (χ2v) is 7.16. The summed E-state index contributed by atoms with van der Waals surface area (Å²) >= 11 is 6.90. The number of fused-ring (bicyclic) bond motifs is 1. The molecule has 0 bridgehead atoms. The molecule has 2 aromatic rings. The highest BCUT2D eigenvalue weighted by atomic mass is 32.1. The molecule has 0 radical (unpaired) electrons. The van der Waals surface area contributed by atoms with Crippen molar-refractivity contribution in [3.63, 3.8) is 0 Å². The number of thiophene rings is 1. The van der Waals surface area contributed by atoms with Crippen molar-refractivity contribution >= 4 is 33.8 Å². The molecule has 1 saturated carbocycles. The van der Waals surface area contributed by atoms with Gasteiger partial charge in [-0.3, -0.25) is 9.36 Å². The molecule has 5 heteroatoms. The number of aromatic nitrogens is 2. The van der Waals surface area contributed by atoms with Gasteiger partial charge in [-0.05, 0) is 41.9 Å². The predicted molar refractivity (Wildman–Crippen MR) is 82.5 cm³/mol. The summed E-state index contributed by atoms with van der Waals surface area (Å²) in [6.45, 7) is 3.03. The summed E-state index contributed by atoms with van der Waals surface area (Å²) in [7, 11) is 0. The second-order valence-electron chi connectivity index (χ2n) is 5.86. The smallest absolute Gasteiger partial charge is 0.263 e. The maximum Gasteiger partial charge on any atom is 0.263 e. The minimum atomic E-state index is 0.0619. The van der Waals surface area contributed by atoms with E-state index in [1.54, 1.807) is 4.57 Å². The van der Waals surface area contributed by atoms with Crippen molar-refractivity contribution in [2.24, 2.45) is 5.41 Å². The number of hydrogen-bond acceptors (Lipinski definition) is 3. The van der Waals surface area contributed by atoms with Gasteiger partial charge in [-0.15, -0.1) is 11.3 Å². The van der Waals surface area contributed by atoms with Gasteiger partial charge in [-0.1, -0.05) is 26.2 Å². The average molecular weight is 294 g/mol. The Morgan fingerprint density at radius 3 is 2.89 bits per heavy atom. The highest BCUT2D eigenvalue weighted by Crippen LogP contribution is 2.37. The molecular formula is C14H18N2OS2. The number of nitrogens with one attached hydrogen (secondary N) is 1. The molecule has 3 rings (SSSR count). The summed E-state index contributed by atoms with van der Waals surface area (Å²) in [6.07, 6.45) is 6.23. The summed E-state index contributed by atoms with van der Waals surface area (Å²) in [4.78, 5) is 16.6.